The smallest absolute Gasteiger partial charge is 0.253 e. The highest BCUT2D eigenvalue weighted by Gasteiger charge is 2.23. The Morgan fingerprint density at radius 1 is 0.788 bits per heavy atom. The normalized spacial score (nSPS) is 16.7. The van der Waals surface area contributed by atoms with Gasteiger partial charge in [0.05, 0.1) is 0 Å². The Morgan fingerprint density at radius 3 is 2.24 bits per heavy atom. The van der Waals surface area contributed by atoms with E-state index in [0.717, 1.165) is 61.9 Å². The van der Waals surface area contributed by atoms with Crippen LogP contribution in [0.2, 0.25) is 0 Å². The fraction of sp³-hybridized carbons (Fsp3) is 0.370. The zero-order chi connectivity index (χ0) is 22.6. The molecule has 0 N–H and O–H groups in total. The summed E-state index contributed by atoms with van der Waals surface area (Å²) in [5.41, 5.74) is 5.12. The number of anilines is 2. The highest BCUT2D eigenvalue weighted by molar-refractivity contribution is 5.95. The molecule has 2 aliphatic rings. The van der Waals surface area contributed by atoms with E-state index in [-0.39, 0.29) is 5.91 Å². The second-order valence-electron chi connectivity index (χ2n) is 8.97. The fourth-order valence-electron chi connectivity index (χ4n) is 4.82. The van der Waals surface area contributed by atoms with Gasteiger partial charge in [0.15, 0.2) is 5.82 Å². The quantitative estimate of drug-likeness (QED) is 0.601. The van der Waals surface area contributed by atoms with Gasteiger partial charge in [-0.05, 0) is 56.0 Å². The van der Waals surface area contributed by atoms with Crippen molar-refractivity contribution in [3.05, 3.63) is 72.1 Å². The zero-order valence-electron chi connectivity index (χ0n) is 19.3. The predicted molar refractivity (Wildman–Crippen MR) is 133 cm³/mol. The number of piperazine rings is 1. The molecule has 0 spiro atoms. The van der Waals surface area contributed by atoms with Gasteiger partial charge in [-0.2, -0.15) is 0 Å². The molecule has 0 aliphatic carbocycles. The minimum absolute atomic E-state index is 0.0980. The van der Waals surface area contributed by atoms with Gasteiger partial charge in [-0.15, -0.1) is 0 Å². The van der Waals surface area contributed by atoms with E-state index in [1.807, 2.05) is 29.2 Å². The molecule has 33 heavy (non-hydrogen) atoms. The summed E-state index contributed by atoms with van der Waals surface area (Å²) in [5.74, 6) is 1.05. The van der Waals surface area contributed by atoms with Crippen LogP contribution in [0.4, 0.5) is 11.5 Å². The molecule has 1 aromatic heterocycles. The van der Waals surface area contributed by atoms with Crippen LogP contribution in [-0.4, -0.2) is 60.0 Å². The average Bonchev–Trinajstić information content (AvgIpc) is 2.89. The Bertz CT molecular complexity index is 1100. The second kappa shape index (κ2) is 9.61. The number of aryl methyl sites for hydroxylation is 1. The van der Waals surface area contributed by atoms with Crippen molar-refractivity contribution < 1.29 is 4.79 Å². The van der Waals surface area contributed by atoms with E-state index in [9.17, 15) is 4.79 Å². The lowest BCUT2D eigenvalue weighted by molar-refractivity contribution is 0.0747. The van der Waals surface area contributed by atoms with Crippen LogP contribution in [0.3, 0.4) is 0 Å². The van der Waals surface area contributed by atoms with Gasteiger partial charge in [0, 0.05) is 68.5 Å². The number of amides is 1. The van der Waals surface area contributed by atoms with Crippen LogP contribution in [0.15, 0.2) is 60.9 Å². The lowest BCUT2D eigenvalue weighted by atomic mass is 10.1. The van der Waals surface area contributed by atoms with Crippen LogP contribution in [-0.2, 0) is 0 Å². The molecule has 5 rings (SSSR count). The predicted octanol–water partition coefficient (Wildman–Crippen LogP) is 4.40. The van der Waals surface area contributed by atoms with Gasteiger partial charge in [-0.3, -0.25) is 9.78 Å². The lowest BCUT2D eigenvalue weighted by Crippen LogP contribution is -2.48. The number of carbonyl (C=O) groups is 1. The highest BCUT2D eigenvalue weighted by atomic mass is 16.2. The molecule has 2 saturated heterocycles. The maximum atomic E-state index is 13.1. The zero-order valence-corrected chi connectivity index (χ0v) is 19.3. The lowest BCUT2D eigenvalue weighted by Gasteiger charge is -2.36. The van der Waals surface area contributed by atoms with Gasteiger partial charge < -0.3 is 14.7 Å². The van der Waals surface area contributed by atoms with Crippen molar-refractivity contribution in [1.82, 2.24) is 14.9 Å². The summed E-state index contributed by atoms with van der Waals surface area (Å²) in [7, 11) is 0. The Balaban J connectivity index is 1.26. The maximum absolute atomic E-state index is 13.1. The largest absolute Gasteiger partial charge is 0.368 e. The van der Waals surface area contributed by atoms with Crippen molar-refractivity contribution in [3.63, 3.8) is 0 Å². The molecule has 0 unspecified atom stereocenters. The molecule has 3 aromatic rings. The van der Waals surface area contributed by atoms with Crippen molar-refractivity contribution in [2.75, 3.05) is 49.1 Å². The average molecular weight is 442 g/mol. The van der Waals surface area contributed by atoms with E-state index in [0.29, 0.717) is 0 Å². The summed E-state index contributed by atoms with van der Waals surface area (Å²) in [6, 6.07) is 16.4. The summed E-state index contributed by atoms with van der Waals surface area (Å²) in [5, 5.41) is 0. The first-order chi connectivity index (χ1) is 16.2. The highest BCUT2D eigenvalue weighted by Crippen LogP contribution is 2.29. The van der Waals surface area contributed by atoms with E-state index in [4.69, 9.17) is 0 Å². The standard InChI is InChI=1S/C27H31N5O/c1-21-6-5-7-24(20-21)30-16-18-32(19-17-30)27(33)23-10-8-22(9-11-23)25-26(29-13-12-28-25)31-14-3-2-4-15-31/h5-13,20H,2-4,14-19H2,1H3. The van der Waals surface area contributed by atoms with Crippen molar-refractivity contribution in [1.29, 1.82) is 0 Å². The first kappa shape index (κ1) is 21.4. The SMILES string of the molecule is Cc1cccc(N2CCN(C(=O)c3ccc(-c4nccnc4N4CCCCC4)cc3)CC2)c1. The van der Waals surface area contributed by atoms with Gasteiger partial charge in [0.1, 0.15) is 5.69 Å². The molecule has 2 fully saturated rings. The van der Waals surface area contributed by atoms with Gasteiger partial charge >= 0.3 is 0 Å². The van der Waals surface area contributed by atoms with Crippen LogP contribution < -0.4 is 9.80 Å². The molecule has 0 radical (unpaired) electrons. The van der Waals surface area contributed by atoms with Crippen molar-refractivity contribution in [2.45, 2.75) is 26.2 Å². The molecule has 1 amide bonds. The number of hydrogen-bond acceptors (Lipinski definition) is 5. The minimum Gasteiger partial charge on any atom is -0.368 e. The summed E-state index contributed by atoms with van der Waals surface area (Å²) < 4.78 is 0. The van der Waals surface area contributed by atoms with Crippen molar-refractivity contribution in [3.8, 4) is 11.3 Å². The van der Waals surface area contributed by atoms with Crippen LogP contribution in [0.25, 0.3) is 11.3 Å². The number of hydrogen-bond donors (Lipinski definition) is 0. The molecular weight excluding hydrogens is 410 g/mol. The van der Waals surface area contributed by atoms with Crippen LogP contribution in [0, 0.1) is 6.92 Å². The van der Waals surface area contributed by atoms with Crippen molar-refractivity contribution >= 4 is 17.4 Å². The second-order valence-corrected chi connectivity index (χ2v) is 8.97. The van der Waals surface area contributed by atoms with Crippen LogP contribution in [0.1, 0.15) is 35.2 Å². The molecule has 2 aromatic carbocycles. The van der Waals surface area contributed by atoms with Gasteiger partial charge in [0.25, 0.3) is 5.91 Å². The molecule has 0 atom stereocenters. The Morgan fingerprint density at radius 2 is 1.52 bits per heavy atom. The minimum atomic E-state index is 0.0980. The number of nitrogens with zero attached hydrogens (tertiary/aromatic N) is 5. The van der Waals surface area contributed by atoms with Gasteiger partial charge in [-0.1, -0.05) is 24.3 Å². The summed E-state index contributed by atoms with van der Waals surface area (Å²) >= 11 is 0. The molecule has 170 valence electrons. The van der Waals surface area contributed by atoms with E-state index in [2.05, 4.69) is 51.0 Å². The molecule has 2 aliphatic heterocycles. The number of piperidine rings is 1. The molecule has 6 heteroatoms. The van der Waals surface area contributed by atoms with Crippen LogP contribution in [0.5, 0.6) is 0 Å². The molecular formula is C27H31N5O. The third-order valence-corrected chi connectivity index (χ3v) is 6.67. The number of aromatic nitrogens is 2. The topological polar surface area (TPSA) is 52.6 Å². The Hall–Kier alpha value is -3.41. The Labute approximate surface area is 195 Å². The number of rotatable bonds is 4. The summed E-state index contributed by atoms with van der Waals surface area (Å²) in [4.78, 5) is 29.0. The Kier molecular flexibility index (Phi) is 6.24. The van der Waals surface area contributed by atoms with E-state index in [1.165, 1.54) is 30.5 Å². The van der Waals surface area contributed by atoms with Gasteiger partial charge in [-0.25, -0.2) is 4.98 Å². The molecule has 3 heterocycles. The number of carbonyl (C=O) groups excluding carboxylic acids is 1. The number of benzene rings is 2. The molecule has 6 nitrogen and oxygen atoms in total. The third-order valence-electron chi connectivity index (χ3n) is 6.67. The summed E-state index contributed by atoms with van der Waals surface area (Å²) in [6.45, 7) is 7.34. The first-order valence-corrected chi connectivity index (χ1v) is 12.0. The van der Waals surface area contributed by atoms with E-state index in [1.54, 1.807) is 12.4 Å². The van der Waals surface area contributed by atoms with Crippen molar-refractivity contribution in [2.24, 2.45) is 0 Å². The third kappa shape index (κ3) is 4.70. The monoisotopic (exact) mass is 441 g/mol. The van der Waals surface area contributed by atoms with E-state index >= 15 is 0 Å². The summed E-state index contributed by atoms with van der Waals surface area (Å²) in [6.07, 6.45) is 7.18. The first-order valence-electron chi connectivity index (χ1n) is 12.0. The molecule has 0 saturated carbocycles. The van der Waals surface area contributed by atoms with Crippen LogP contribution >= 0.6 is 0 Å². The van der Waals surface area contributed by atoms with Gasteiger partial charge in [0.2, 0.25) is 0 Å². The molecule has 0 bridgehead atoms. The van der Waals surface area contributed by atoms with E-state index < -0.39 is 0 Å². The fourth-order valence-corrected chi connectivity index (χ4v) is 4.82. The maximum Gasteiger partial charge on any atom is 0.253 e.